The summed E-state index contributed by atoms with van der Waals surface area (Å²) in [5, 5.41) is 3.77. The van der Waals surface area contributed by atoms with Gasteiger partial charge in [0.25, 0.3) is 5.56 Å². The van der Waals surface area contributed by atoms with Gasteiger partial charge in [0.1, 0.15) is 0 Å². The summed E-state index contributed by atoms with van der Waals surface area (Å²) in [7, 11) is 0. The van der Waals surface area contributed by atoms with Gasteiger partial charge in [0, 0.05) is 41.6 Å². The number of rotatable bonds is 4. The number of fused-ring (bicyclic) bond motifs is 1. The number of carbonyl (C=O) groups is 1. The van der Waals surface area contributed by atoms with Crippen LogP contribution in [-0.4, -0.2) is 24.0 Å². The second-order valence-corrected chi connectivity index (χ2v) is 7.06. The molecule has 1 aliphatic heterocycles. The van der Waals surface area contributed by atoms with Crippen molar-refractivity contribution in [3.05, 3.63) is 76.6 Å². The number of anilines is 2. The largest absolute Gasteiger partial charge is 0.372 e. The van der Waals surface area contributed by atoms with Gasteiger partial charge in [0.05, 0.1) is 0 Å². The quantitative estimate of drug-likeness (QED) is 0.675. The molecule has 28 heavy (non-hydrogen) atoms. The number of hydrogen-bond acceptors (Lipinski definition) is 3. The Morgan fingerprint density at radius 1 is 1.00 bits per heavy atom. The van der Waals surface area contributed by atoms with Crippen LogP contribution < -0.4 is 15.8 Å². The third-order valence-electron chi connectivity index (χ3n) is 5.05. The van der Waals surface area contributed by atoms with Crippen molar-refractivity contribution in [2.45, 2.75) is 19.3 Å². The number of para-hydroxylation sites is 1. The van der Waals surface area contributed by atoms with E-state index in [0.29, 0.717) is 5.56 Å². The van der Waals surface area contributed by atoms with E-state index in [1.54, 1.807) is 12.1 Å². The van der Waals surface area contributed by atoms with Gasteiger partial charge in [-0.05, 0) is 67.1 Å². The lowest BCUT2D eigenvalue weighted by molar-refractivity contribution is -0.111. The zero-order chi connectivity index (χ0) is 19.3. The predicted molar refractivity (Wildman–Crippen MR) is 115 cm³/mol. The summed E-state index contributed by atoms with van der Waals surface area (Å²) in [6, 6.07) is 17.3. The SMILES string of the molecule is O=C(/C=C/c1cc2ccccc2[nH]c1=O)Nc1ccc(N2CCCCC2)cc1. The number of carbonyl (C=O) groups excluding carboxylic acids is 1. The zero-order valence-electron chi connectivity index (χ0n) is 15.7. The minimum Gasteiger partial charge on any atom is -0.372 e. The number of aromatic amines is 1. The number of amides is 1. The molecule has 2 N–H and O–H groups in total. The van der Waals surface area contributed by atoms with Crippen LogP contribution >= 0.6 is 0 Å². The first-order chi connectivity index (χ1) is 13.7. The summed E-state index contributed by atoms with van der Waals surface area (Å²) < 4.78 is 0. The van der Waals surface area contributed by atoms with E-state index in [1.807, 2.05) is 48.5 Å². The Kier molecular flexibility index (Phi) is 5.24. The van der Waals surface area contributed by atoms with Crippen LogP contribution in [0.1, 0.15) is 24.8 Å². The van der Waals surface area contributed by atoms with E-state index >= 15 is 0 Å². The normalized spacial score (nSPS) is 14.5. The molecule has 5 nitrogen and oxygen atoms in total. The van der Waals surface area contributed by atoms with Gasteiger partial charge < -0.3 is 15.2 Å². The maximum Gasteiger partial charge on any atom is 0.255 e. The molecule has 0 spiro atoms. The monoisotopic (exact) mass is 373 g/mol. The van der Waals surface area contributed by atoms with Gasteiger partial charge in [-0.2, -0.15) is 0 Å². The Bertz CT molecular complexity index is 1060. The highest BCUT2D eigenvalue weighted by atomic mass is 16.1. The van der Waals surface area contributed by atoms with Crippen molar-refractivity contribution < 1.29 is 4.79 Å². The summed E-state index contributed by atoms with van der Waals surface area (Å²) in [4.78, 5) is 29.6. The summed E-state index contributed by atoms with van der Waals surface area (Å²) in [5.41, 5.74) is 2.95. The molecule has 0 aliphatic carbocycles. The van der Waals surface area contributed by atoms with Crippen LogP contribution in [0.3, 0.4) is 0 Å². The van der Waals surface area contributed by atoms with Crippen LogP contribution in [0.5, 0.6) is 0 Å². The van der Waals surface area contributed by atoms with Crippen LogP contribution in [-0.2, 0) is 4.79 Å². The topological polar surface area (TPSA) is 65.2 Å². The van der Waals surface area contributed by atoms with Gasteiger partial charge in [-0.1, -0.05) is 18.2 Å². The molecule has 2 aromatic carbocycles. The van der Waals surface area contributed by atoms with Crippen molar-refractivity contribution >= 4 is 34.3 Å². The lowest BCUT2D eigenvalue weighted by atomic mass is 10.1. The number of nitrogens with one attached hydrogen (secondary N) is 2. The van der Waals surface area contributed by atoms with E-state index in [-0.39, 0.29) is 11.5 Å². The fourth-order valence-electron chi connectivity index (χ4n) is 3.55. The van der Waals surface area contributed by atoms with Crippen LogP contribution in [0.15, 0.2) is 65.5 Å². The Morgan fingerprint density at radius 2 is 1.75 bits per heavy atom. The van der Waals surface area contributed by atoms with Gasteiger partial charge in [-0.25, -0.2) is 0 Å². The van der Waals surface area contributed by atoms with Crippen molar-refractivity contribution in [2.24, 2.45) is 0 Å². The van der Waals surface area contributed by atoms with Gasteiger partial charge in [0.2, 0.25) is 5.91 Å². The number of aromatic nitrogens is 1. The summed E-state index contributed by atoms with van der Waals surface area (Å²) in [6.07, 6.45) is 6.70. The third kappa shape index (κ3) is 4.14. The first-order valence-electron chi connectivity index (χ1n) is 9.65. The number of hydrogen-bond donors (Lipinski definition) is 2. The molecule has 4 rings (SSSR count). The van der Waals surface area contributed by atoms with Crippen LogP contribution in [0.4, 0.5) is 11.4 Å². The predicted octanol–water partition coefficient (Wildman–Crippen LogP) is 4.17. The highest BCUT2D eigenvalue weighted by Gasteiger charge is 2.10. The minimum atomic E-state index is -0.265. The van der Waals surface area contributed by atoms with Gasteiger partial charge in [0.15, 0.2) is 0 Å². The molecular formula is C23H23N3O2. The minimum absolute atomic E-state index is 0.214. The van der Waals surface area contributed by atoms with E-state index in [4.69, 9.17) is 0 Å². The number of H-pyrrole nitrogens is 1. The average Bonchev–Trinajstić information content (AvgIpc) is 2.73. The molecule has 0 saturated carbocycles. The summed E-state index contributed by atoms with van der Waals surface area (Å²) in [6.45, 7) is 2.18. The Hall–Kier alpha value is -3.34. The molecule has 0 radical (unpaired) electrons. The van der Waals surface area contributed by atoms with E-state index in [2.05, 4.69) is 15.2 Å². The fraction of sp³-hybridized carbons (Fsp3) is 0.217. The molecule has 1 amide bonds. The number of benzene rings is 2. The van der Waals surface area contributed by atoms with Crippen molar-refractivity contribution in [1.29, 1.82) is 0 Å². The first kappa shape index (κ1) is 18.0. The molecule has 1 aromatic heterocycles. The van der Waals surface area contributed by atoms with Gasteiger partial charge in [-0.3, -0.25) is 9.59 Å². The Morgan fingerprint density at radius 3 is 2.54 bits per heavy atom. The maximum absolute atomic E-state index is 12.2. The Balaban J connectivity index is 1.42. The molecule has 3 aromatic rings. The highest BCUT2D eigenvalue weighted by Crippen LogP contribution is 2.21. The standard InChI is InChI=1S/C23H23N3O2/c27-22(13-8-18-16-17-6-2-3-7-21(17)25-23(18)28)24-19-9-11-20(12-10-19)26-14-4-1-5-15-26/h2-3,6-13,16H,1,4-5,14-15H2,(H,24,27)(H,25,28)/b13-8+. The number of pyridine rings is 1. The number of nitrogens with zero attached hydrogens (tertiary/aromatic N) is 1. The lowest BCUT2D eigenvalue weighted by Gasteiger charge is -2.28. The van der Waals surface area contributed by atoms with E-state index in [9.17, 15) is 9.59 Å². The molecule has 1 fully saturated rings. The van der Waals surface area contributed by atoms with E-state index < -0.39 is 0 Å². The molecule has 0 bridgehead atoms. The lowest BCUT2D eigenvalue weighted by Crippen LogP contribution is -2.29. The number of piperidine rings is 1. The molecular weight excluding hydrogens is 350 g/mol. The molecule has 142 valence electrons. The van der Waals surface area contributed by atoms with Crippen LogP contribution in [0, 0.1) is 0 Å². The molecule has 2 heterocycles. The fourth-order valence-corrected chi connectivity index (χ4v) is 3.55. The van der Waals surface area contributed by atoms with E-state index in [1.165, 1.54) is 31.0 Å². The van der Waals surface area contributed by atoms with Crippen molar-refractivity contribution in [3.8, 4) is 0 Å². The third-order valence-corrected chi connectivity index (χ3v) is 5.05. The van der Waals surface area contributed by atoms with Crippen molar-refractivity contribution in [2.75, 3.05) is 23.3 Å². The molecule has 5 heteroatoms. The van der Waals surface area contributed by atoms with Crippen molar-refractivity contribution in [3.63, 3.8) is 0 Å². The summed E-state index contributed by atoms with van der Waals surface area (Å²) in [5.74, 6) is -0.265. The van der Waals surface area contributed by atoms with Gasteiger partial charge >= 0.3 is 0 Å². The smallest absolute Gasteiger partial charge is 0.255 e. The first-order valence-corrected chi connectivity index (χ1v) is 9.65. The summed E-state index contributed by atoms with van der Waals surface area (Å²) >= 11 is 0. The molecule has 1 saturated heterocycles. The van der Waals surface area contributed by atoms with Crippen molar-refractivity contribution in [1.82, 2.24) is 4.98 Å². The van der Waals surface area contributed by atoms with Crippen LogP contribution in [0.25, 0.3) is 17.0 Å². The molecule has 0 unspecified atom stereocenters. The molecule has 0 atom stereocenters. The second-order valence-electron chi connectivity index (χ2n) is 7.06. The Labute approximate surface area is 163 Å². The van der Waals surface area contributed by atoms with Crippen LogP contribution in [0.2, 0.25) is 0 Å². The highest BCUT2D eigenvalue weighted by molar-refractivity contribution is 6.02. The molecule has 1 aliphatic rings. The maximum atomic E-state index is 12.2. The van der Waals surface area contributed by atoms with E-state index in [0.717, 1.165) is 29.7 Å². The zero-order valence-corrected chi connectivity index (χ0v) is 15.7. The average molecular weight is 373 g/mol. The second kappa shape index (κ2) is 8.13. The van der Waals surface area contributed by atoms with Gasteiger partial charge in [-0.15, -0.1) is 0 Å².